The first-order chi connectivity index (χ1) is 19.3. The Balaban J connectivity index is 1.22. The van der Waals surface area contributed by atoms with Gasteiger partial charge >= 0.3 is 0 Å². The Morgan fingerprint density at radius 1 is 1.12 bits per heavy atom. The van der Waals surface area contributed by atoms with Gasteiger partial charge in [-0.2, -0.15) is 5.10 Å². The summed E-state index contributed by atoms with van der Waals surface area (Å²) in [6, 6.07) is 10.7. The van der Waals surface area contributed by atoms with Gasteiger partial charge in [0.2, 0.25) is 5.95 Å². The van der Waals surface area contributed by atoms with Crippen molar-refractivity contribution in [3.63, 3.8) is 0 Å². The van der Waals surface area contributed by atoms with Crippen LogP contribution < -0.4 is 10.6 Å². The maximum Gasteiger partial charge on any atom is 0.255 e. The maximum atomic E-state index is 14.9. The molecule has 0 radical (unpaired) electrons. The number of halogens is 1. The average molecular weight is 539 g/mol. The van der Waals surface area contributed by atoms with Gasteiger partial charge in [0, 0.05) is 66.6 Å². The van der Waals surface area contributed by atoms with Gasteiger partial charge in [-0.15, -0.1) is 0 Å². The van der Waals surface area contributed by atoms with E-state index in [4.69, 9.17) is 0 Å². The second kappa shape index (κ2) is 12.1. The van der Waals surface area contributed by atoms with Gasteiger partial charge in [-0.05, 0) is 57.3 Å². The van der Waals surface area contributed by atoms with E-state index in [9.17, 15) is 9.18 Å². The molecule has 1 amide bonds. The summed E-state index contributed by atoms with van der Waals surface area (Å²) >= 11 is 0. The van der Waals surface area contributed by atoms with E-state index >= 15 is 0 Å². The summed E-state index contributed by atoms with van der Waals surface area (Å²) in [6.45, 7) is 4.35. The summed E-state index contributed by atoms with van der Waals surface area (Å²) in [5.41, 5.74) is 4.49. The van der Waals surface area contributed by atoms with Crippen LogP contribution in [0, 0.1) is 24.6 Å². The zero-order valence-electron chi connectivity index (χ0n) is 22.7. The molecule has 0 aliphatic carbocycles. The Morgan fingerprint density at radius 3 is 2.65 bits per heavy atom. The predicted octanol–water partition coefficient (Wildman–Crippen LogP) is 4.18. The molecule has 204 valence electrons. The second-order valence-corrected chi connectivity index (χ2v) is 10.1. The number of likely N-dealkylation sites (N-methyl/N-ethyl adjacent to an activating group) is 1. The van der Waals surface area contributed by atoms with Gasteiger partial charge in [-0.25, -0.2) is 14.4 Å². The molecule has 1 fully saturated rings. The van der Waals surface area contributed by atoms with E-state index in [0.717, 1.165) is 30.8 Å². The van der Waals surface area contributed by atoms with Gasteiger partial charge in [0.15, 0.2) is 0 Å². The Bertz CT molecular complexity index is 1540. The van der Waals surface area contributed by atoms with Crippen molar-refractivity contribution in [3.8, 4) is 11.8 Å². The number of hydrogen-bond donors (Lipinski definition) is 3. The molecule has 5 rings (SSSR count). The number of aryl methyl sites for hydroxylation is 1. The van der Waals surface area contributed by atoms with E-state index < -0.39 is 0 Å². The number of aromatic nitrogens is 4. The zero-order chi connectivity index (χ0) is 28.1. The Hall–Kier alpha value is -4.59. The Kier molecular flexibility index (Phi) is 8.15. The third kappa shape index (κ3) is 6.69. The number of anilines is 3. The minimum Gasteiger partial charge on any atom is -0.322 e. The van der Waals surface area contributed by atoms with Crippen molar-refractivity contribution >= 4 is 23.2 Å². The van der Waals surface area contributed by atoms with Crippen LogP contribution in [0.15, 0.2) is 61.2 Å². The fraction of sp³-hybridized carbons (Fsp3) is 0.267. The molecule has 9 nitrogen and oxygen atoms in total. The SMILES string of the molecule is Cc1ccc(C(=O)Nc2ccc(CN3CCC(N(C)C)C3)c(F)c2)cc1C#Cc1cnc(Nc2cn[nH]c2)nc1. The number of aromatic amines is 1. The van der Waals surface area contributed by atoms with Crippen molar-refractivity contribution < 1.29 is 9.18 Å². The molecule has 0 bridgehead atoms. The normalized spacial score (nSPS) is 15.1. The lowest BCUT2D eigenvalue weighted by Gasteiger charge is -2.20. The number of amides is 1. The van der Waals surface area contributed by atoms with Gasteiger partial charge in [0.1, 0.15) is 5.82 Å². The third-order valence-corrected chi connectivity index (χ3v) is 6.93. The molecular formula is C30H31FN8O. The topological polar surface area (TPSA) is 102 Å². The molecule has 4 aromatic rings. The van der Waals surface area contributed by atoms with E-state index in [-0.39, 0.29) is 11.7 Å². The molecule has 1 atom stereocenters. The van der Waals surface area contributed by atoms with Crippen LogP contribution in [0.5, 0.6) is 0 Å². The number of hydrogen-bond acceptors (Lipinski definition) is 7. The number of nitrogens with one attached hydrogen (secondary N) is 3. The van der Waals surface area contributed by atoms with Crippen molar-refractivity contribution in [2.24, 2.45) is 0 Å². The van der Waals surface area contributed by atoms with Crippen LogP contribution in [0.4, 0.5) is 21.7 Å². The molecule has 0 spiro atoms. The second-order valence-electron chi connectivity index (χ2n) is 10.1. The fourth-order valence-electron chi connectivity index (χ4n) is 4.52. The van der Waals surface area contributed by atoms with Crippen LogP contribution in [0.1, 0.15) is 39.0 Å². The molecule has 1 unspecified atom stereocenters. The highest BCUT2D eigenvalue weighted by Gasteiger charge is 2.24. The van der Waals surface area contributed by atoms with Crippen LogP contribution in [0.3, 0.4) is 0 Å². The van der Waals surface area contributed by atoms with Crippen molar-refractivity contribution in [3.05, 3.63) is 94.8 Å². The van der Waals surface area contributed by atoms with Crippen LogP contribution in [0.25, 0.3) is 0 Å². The highest BCUT2D eigenvalue weighted by molar-refractivity contribution is 6.04. The van der Waals surface area contributed by atoms with Crippen LogP contribution in [-0.4, -0.2) is 69.1 Å². The van der Waals surface area contributed by atoms with Gasteiger partial charge in [-0.3, -0.25) is 14.8 Å². The summed E-state index contributed by atoms with van der Waals surface area (Å²) in [7, 11) is 4.15. The molecule has 3 N–H and O–H groups in total. The quantitative estimate of drug-likeness (QED) is 0.304. The molecule has 1 aliphatic rings. The Morgan fingerprint density at radius 2 is 1.95 bits per heavy atom. The minimum absolute atomic E-state index is 0.324. The number of H-pyrrole nitrogens is 1. The zero-order valence-corrected chi connectivity index (χ0v) is 22.7. The molecule has 40 heavy (non-hydrogen) atoms. The molecule has 2 aromatic heterocycles. The number of likely N-dealkylation sites (tertiary alicyclic amines) is 1. The summed E-state index contributed by atoms with van der Waals surface area (Å²) in [4.78, 5) is 26.0. The van der Waals surface area contributed by atoms with E-state index in [0.29, 0.717) is 46.5 Å². The highest BCUT2D eigenvalue weighted by atomic mass is 19.1. The lowest BCUT2D eigenvalue weighted by Crippen LogP contribution is -2.31. The first kappa shape index (κ1) is 27.0. The highest BCUT2D eigenvalue weighted by Crippen LogP contribution is 2.21. The van der Waals surface area contributed by atoms with E-state index in [1.807, 2.05) is 13.0 Å². The molecule has 1 aliphatic heterocycles. The number of nitrogens with zero attached hydrogens (tertiary/aromatic N) is 5. The monoisotopic (exact) mass is 538 g/mol. The van der Waals surface area contributed by atoms with Crippen LogP contribution in [-0.2, 0) is 6.54 Å². The minimum atomic E-state index is -0.332. The Labute approximate surface area is 232 Å². The maximum absolute atomic E-state index is 14.9. The lowest BCUT2D eigenvalue weighted by atomic mass is 10.0. The fourth-order valence-corrected chi connectivity index (χ4v) is 4.52. The van der Waals surface area contributed by atoms with Crippen LogP contribution >= 0.6 is 0 Å². The molecule has 1 saturated heterocycles. The number of carbonyl (C=O) groups is 1. The summed E-state index contributed by atoms with van der Waals surface area (Å²) in [5.74, 6) is 5.92. The largest absolute Gasteiger partial charge is 0.322 e. The number of benzene rings is 2. The smallest absolute Gasteiger partial charge is 0.255 e. The average Bonchev–Trinajstić information content (AvgIpc) is 3.63. The molecular weight excluding hydrogens is 507 g/mol. The van der Waals surface area contributed by atoms with Gasteiger partial charge in [-0.1, -0.05) is 24.0 Å². The first-order valence-corrected chi connectivity index (χ1v) is 13.0. The summed E-state index contributed by atoms with van der Waals surface area (Å²) in [5, 5.41) is 12.4. The summed E-state index contributed by atoms with van der Waals surface area (Å²) < 4.78 is 14.9. The lowest BCUT2D eigenvalue weighted by molar-refractivity contribution is 0.102. The standard InChI is InChI=1S/C30H31FN8O/c1-20-4-6-23(12-22(20)7-5-21-14-32-30(33-15-21)37-26-16-34-35-17-26)29(40)36-25-9-8-24(28(31)13-25)18-39-11-10-27(19-39)38(2)3/h4,6,8-9,12-17,27H,10-11,18-19H2,1-3H3,(H,34,35)(H,36,40)(H,32,33,37). The third-order valence-electron chi connectivity index (χ3n) is 6.93. The summed E-state index contributed by atoms with van der Waals surface area (Å²) in [6.07, 6.45) is 7.65. The number of carbonyl (C=O) groups excluding carboxylic acids is 1. The molecule has 10 heteroatoms. The molecule has 2 aromatic carbocycles. The predicted molar refractivity (Wildman–Crippen MR) is 153 cm³/mol. The van der Waals surface area contributed by atoms with E-state index in [2.05, 4.69) is 66.5 Å². The molecule has 0 saturated carbocycles. The van der Waals surface area contributed by atoms with Gasteiger partial charge in [0.25, 0.3) is 5.91 Å². The van der Waals surface area contributed by atoms with Crippen LogP contribution in [0.2, 0.25) is 0 Å². The van der Waals surface area contributed by atoms with Crippen molar-refractivity contribution in [2.45, 2.75) is 25.9 Å². The number of rotatable bonds is 7. The first-order valence-electron chi connectivity index (χ1n) is 13.0. The van der Waals surface area contributed by atoms with Gasteiger partial charge in [0.05, 0.1) is 17.4 Å². The van der Waals surface area contributed by atoms with Gasteiger partial charge < -0.3 is 15.5 Å². The van der Waals surface area contributed by atoms with Crippen molar-refractivity contribution in [1.82, 2.24) is 30.0 Å². The van der Waals surface area contributed by atoms with E-state index in [1.165, 1.54) is 6.07 Å². The van der Waals surface area contributed by atoms with Crippen molar-refractivity contribution in [1.29, 1.82) is 0 Å². The van der Waals surface area contributed by atoms with E-state index in [1.54, 1.807) is 49.1 Å². The molecule has 3 heterocycles. The van der Waals surface area contributed by atoms with Crippen molar-refractivity contribution in [2.75, 3.05) is 37.8 Å².